The second kappa shape index (κ2) is 7.33. The Hall–Kier alpha value is -2.88. The van der Waals surface area contributed by atoms with E-state index in [-0.39, 0.29) is 11.8 Å². The van der Waals surface area contributed by atoms with Crippen LogP contribution in [0.5, 0.6) is 0 Å². The van der Waals surface area contributed by atoms with Gasteiger partial charge in [-0.15, -0.1) is 0 Å². The molecular weight excluding hydrogens is 398 g/mol. The number of ether oxygens (including phenoxy) is 1. The summed E-state index contributed by atoms with van der Waals surface area (Å²) in [6.45, 7) is 14.0. The molecule has 2 aliphatic carbocycles. The number of hydrogen-bond donors (Lipinski definition) is 0. The highest BCUT2D eigenvalue weighted by molar-refractivity contribution is 6.41. The first-order valence-electron chi connectivity index (χ1n) is 11.4. The first-order valence-corrected chi connectivity index (χ1v) is 11.4. The lowest BCUT2D eigenvalue weighted by Gasteiger charge is -2.56. The minimum atomic E-state index is -0.810. The molecule has 0 spiro atoms. The fourth-order valence-electron chi connectivity index (χ4n) is 5.51. The van der Waals surface area contributed by atoms with Gasteiger partial charge < -0.3 is 9.64 Å². The van der Waals surface area contributed by atoms with Gasteiger partial charge in [0.1, 0.15) is 5.60 Å². The van der Waals surface area contributed by atoms with Crippen LogP contribution in [-0.2, 0) is 14.3 Å². The maximum Gasteiger partial charge on any atom is 0.379 e. The van der Waals surface area contributed by atoms with Gasteiger partial charge in [-0.3, -0.25) is 4.79 Å². The van der Waals surface area contributed by atoms with Crippen LogP contribution in [0.4, 0.5) is 5.69 Å². The number of esters is 1. The van der Waals surface area contributed by atoms with E-state index in [2.05, 4.69) is 56.9 Å². The van der Waals surface area contributed by atoms with Crippen molar-refractivity contribution < 1.29 is 14.3 Å². The fourth-order valence-corrected chi connectivity index (χ4v) is 5.51. The number of allylic oxidation sites excluding steroid dienone is 4. The molecular formula is C28H33NO3. The standard InChI is InChI=1S/C28H33NO3/c1-18-13-15-27(6)21(23(30)25(31)32-26(3,4)5)17-29(20-11-9-8-10-12-20)28(7)16-14-19(2)22(18)24(27)28/h8-19H,1-7H3. The highest BCUT2D eigenvalue weighted by atomic mass is 16.6. The fraction of sp³-hybridized carbons (Fsp3) is 0.429. The molecule has 1 aromatic carbocycles. The SMILES string of the molecule is CC1C=CC2(C)C(C(=O)C(=O)OC(C)(C)C)=CN(c3ccccc3)C3(C)C=CC(C)C1=C23. The lowest BCUT2D eigenvalue weighted by molar-refractivity contribution is -0.161. The number of carbonyl (C=O) groups excluding carboxylic acids is 2. The first kappa shape index (κ1) is 22.3. The molecule has 4 atom stereocenters. The summed E-state index contributed by atoms with van der Waals surface area (Å²) in [5.41, 5.74) is 2.06. The summed E-state index contributed by atoms with van der Waals surface area (Å²) in [6.07, 6.45) is 10.7. The van der Waals surface area contributed by atoms with Gasteiger partial charge in [-0.1, -0.05) is 61.9 Å². The summed E-state index contributed by atoms with van der Waals surface area (Å²) in [6, 6.07) is 10.0. The smallest absolute Gasteiger partial charge is 0.379 e. The van der Waals surface area contributed by atoms with Crippen LogP contribution in [0.25, 0.3) is 0 Å². The lowest BCUT2D eigenvalue weighted by atomic mass is 9.56. The molecule has 0 aromatic heterocycles. The molecule has 0 fully saturated rings. The number of nitrogens with zero attached hydrogens (tertiary/aromatic N) is 1. The average Bonchev–Trinajstić information content (AvgIpc) is 2.72. The Morgan fingerprint density at radius 3 is 2.16 bits per heavy atom. The number of anilines is 1. The van der Waals surface area contributed by atoms with Crippen LogP contribution >= 0.6 is 0 Å². The highest BCUT2D eigenvalue weighted by Crippen LogP contribution is 2.57. The summed E-state index contributed by atoms with van der Waals surface area (Å²) >= 11 is 0. The van der Waals surface area contributed by atoms with Gasteiger partial charge in [0.25, 0.3) is 5.78 Å². The van der Waals surface area contributed by atoms with Gasteiger partial charge in [0, 0.05) is 22.9 Å². The Kier molecular flexibility index (Phi) is 5.11. The van der Waals surface area contributed by atoms with E-state index < -0.39 is 28.3 Å². The van der Waals surface area contributed by atoms with E-state index in [0.717, 1.165) is 5.69 Å². The molecule has 0 saturated heterocycles. The van der Waals surface area contributed by atoms with Gasteiger partial charge >= 0.3 is 5.97 Å². The Morgan fingerprint density at radius 1 is 0.969 bits per heavy atom. The predicted molar refractivity (Wildman–Crippen MR) is 128 cm³/mol. The largest absolute Gasteiger partial charge is 0.454 e. The van der Waals surface area contributed by atoms with Crippen molar-refractivity contribution in [2.24, 2.45) is 17.3 Å². The molecule has 0 N–H and O–H groups in total. The van der Waals surface area contributed by atoms with Crippen molar-refractivity contribution in [3.8, 4) is 0 Å². The van der Waals surface area contributed by atoms with Gasteiger partial charge in [-0.25, -0.2) is 4.79 Å². The number of Topliss-reactive ketones (excluding diaryl/α,β-unsaturated/α-hetero) is 1. The van der Waals surface area contributed by atoms with Crippen LogP contribution in [0.1, 0.15) is 48.5 Å². The zero-order valence-corrected chi connectivity index (χ0v) is 20.1. The number of hydrogen-bond acceptors (Lipinski definition) is 4. The molecule has 32 heavy (non-hydrogen) atoms. The van der Waals surface area contributed by atoms with E-state index in [0.29, 0.717) is 5.57 Å². The van der Waals surface area contributed by atoms with E-state index >= 15 is 0 Å². The molecule has 3 aliphatic rings. The third-order valence-corrected chi connectivity index (χ3v) is 6.90. The van der Waals surface area contributed by atoms with E-state index in [9.17, 15) is 9.59 Å². The van der Waals surface area contributed by atoms with Gasteiger partial charge in [-0.05, 0) is 64.2 Å². The van der Waals surface area contributed by atoms with Crippen molar-refractivity contribution in [1.29, 1.82) is 0 Å². The summed E-state index contributed by atoms with van der Waals surface area (Å²) in [5, 5.41) is 0. The molecule has 4 nitrogen and oxygen atoms in total. The Morgan fingerprint density at radius 2 is 1.56 bits per heavy atom. The van der Waals surface area contributed by atoms with Gasteiger partial charge in [-0.2, -0.15) is 0 Å². The van der Waals surface area contributed by atoms with Crippen LogP contribution in [0, 0.1) is 17.3 Å². The Balaban J connectivity index is 1.97. The van der Waals surface area contributed by atoms with Gasteiger partial charge in [0.05, 0.1) is 5.54 Å². The van der Waals surface area contributed by atoms with E-state index in [1.54, 1.807) is 20.8 Å². The predicted octanol–water partition coefficient (Wildman–Crippen LogP) is 5.77. The van der Waals surface area contributed by atoms with Crippen LogP contribution in [-0.4, -0.2) is 22.9 Å². The van der Waals surface area contributed by atoms with Crippen LogP contribution < -0.4 is 4.90 Å². The summed E-state index contributed by atoms with van der Waals surface area (Å²) in [7, 11) is 0. The van der Waals surface area contributed by atoms with E-state index in [1.807, 2.05) is 36.5 Å². The van der Waals surface area contributed by atoms with Crippen molar-refractivity contribution >= 4 is 17.4 Å². The number of carbonyl (C=O) groups is 2. The molecule has 0 radical (unpaired) electrons. The zero-order chi connectivity index (χ0) is 23.5. The molecule has 1 aromatic rings. The first-order chi connectivity index (χ1) is 14.9. The number of ketones is 1. The van der Waals surface area contributed by atoms with Crippen molar-refractivity contribution in [2.75, 3.05) is 4.90 Å². The molecule has 0 amide bonds. The second-order valence-electron chi connectivity index (χ2n) is 10.6. The van der Waals surface area contributed by atoms with Crippen molar-refractivity contribution in [3.63, 3.8) is 0 Å². The van der Waals surface area contributed by atoms with Crippen molar-refractivity contribution in [1.82, 2.24) is 0 Å². The molecule has 4 unspecified atom stereocenters. The Labute approximate surface area is 191 Å². The van der Waals surface area contributed by atoms with Crippen LogP contribution in [0.2, 0.25) is 0 Å². The summed E-state index contributed by atoms with van der Waals surface area (Å²) in [4.78, 5) is 28.6. The highest BCUT2D eigenvalue weighted by Gasteiger charge is 2.54. The maximum absolute atomic E-state index is 13.6. The molecule has 1 heterocycles. The molecule has 0 bridgehead atoms. The molecule has 0 saturated carbocycles. The number of benzene rings is 1. The molecule has 4 rings (SSSR count). The molecule has 1 aliphatic heterocycles. The number of para-hydroxylation sites is 1. The summed E-state index contributed by atoms with van der Waals surface area (Å²) < 4.78 is 5.48. The monoisotopic (exact) mass is 431 g/mol. The lowest BCUT2D eigenvalue weighted by Crippen LogP contribution is -2.56. The minimum absolute atomic E-state index is 0.256. The third kappa shape index (κ3) is 3.37. The van der Waals surface area contributed by atoms with E-state index in [1.165, 1.54) is 11.1 Å². The zero-order valence-electron chi connectivity index (χ0n) is 20.1. The molecule has 168 valence electrons. The average molecular weight is 432 g/mol. The van der Waals surface area contributed by atoms with Crippen LogP contribution in [0.15, 0.2) is 77.6 Å². The van der Waals surface area contributed by atoms with E-state index in [4.69, 9.17) is 4.74 Å². The van der Waals surface area contributed by atoms with Crippen molar-refractivity contribution in [2.45, 2.75) is 59.6 Å². The minimum Gasteiger partial charge on any atom is -0.454 e. The quantitative estimate of drug-likeness (QED) is 0.346. The topological polar surface area (TPSA) is 46.6 Å². The van der Waals surface area contributed by atoms with Crippen molar-refractivity contribution in [3.05, 3.63) is 77.6 Å². The van der Waals surface area contributed by atoms with Gasteiger partial charge in [0.15, 0.2) is 0 Å². The van der Waals surface area contributed by atoms with Gasteiger partial charge in [0.2, 0.25) is 0 Å². The summed E-state index contributed by atoms with van der Waals surface area (Å²) in [5.74, 6) is -0.884. The molecule has 4 heteroatoms. The second-order valence-corrected chi connectivity index (χ2v) is 10.6. The normalized spacial score (nSPS) is 31.2. The Bertz CT molecular complexity index is 1080. The van der Waals surface area contributed by atoms with Crippen LogP contribution in [0.3, 0.4) is 0 Å². The third-order valence-electron chi connectivity index (χ3n) is 6.90. The maximum atomic E-state index is 13.6. The number of rotatable bonds is 3.